The number of thioether (sulfide) groups is 1. The smallest absolute Gasteiger partial charge is 0.191 e. The fraction of sp³-hybridized carbons (Fsp3) is 0.412. The summed E-state index contributed by atoms with van der Waals surface area (Å²) in [5, 5.41) is 12.4. The van der Waals surface area contributed by atoms with Crippen LogP contribution in [0.3, 0.4) is 0 Å². The van der Waals surface area contributed by atoms with Crippen molar-refractivity contribution in [2.24, 2.45) is 0 Å². The van der Waals surface area contributed by atoms with Crippen LogP contribution in [0.4, 0.5) is 14.6 Å². The first kappa shape index (κ1) is 17.1. The summed E-state index contributed by atoms with van der Waals surface area (Å²) < 4.78 is 28.3. The highest BCUT2D eigenvalue weighted by molar-refractivity contribution is 7.99. The van der Waals surface area contributed by atoms with E-state index in [-0.39, 0.29) is 12.0 Å². The van der Waals surface area contributed by atoms with Crippen molar-refractivity contribution in [1.82, 2.24) is 25.0 Å². The Bertz CT molecular complexity index is 960. The maximum atomic E-state index is 13.5. The van der Waals surface area contributed by atoms with Gasteiger partial charge in [0.05, 0.1) is 0 Å². The van der Waals surface area contributed by atoms with Gasteiger partial charge in [0.2, 0.25) is 0 Å². The van der Waals surface area contributed by atoms with Crippen molar-refractivity contribution in [3.8, 4) is 0 Å². The van der Waals surface area contributed by atoms with Crippen molar-refractivity contribution < 1.29 is 8.78 Å². The van der Waals surface area contributed by atoms with Gasteiger partial charge in [-0.05, 0) is 36.8 Å². The largest absolute Gasteiger partial charge is 0.365 e. The van der Waals surface area contributed by atoms with Gasteiger partial charge in [0.1, 0.15) is 0 Å². The predicted molar refractivity (Wildman–Crippen MR) is 96.3 cm³/mol. The fourth-order valence-electron chi connectivity index (χ4n) is 2.98. The lowest BCUT2D eigenvalue weighted by Gasteiger charge is -2.08. The first-order valence-electron chi connectivity index (χ1n) is 8.56. The standard InChI is InChI=1S/C17H18F2N6S/c1-3-25-16-14(23-24-25)15(21-17(22-16)26-4-2)20-13-8-10(13)9-5-6-11(18)12(19)7-9/h5-7,10,13H,3-4,8H2,1-2H3,(H,20,21,22)/t10-,13+/m0/s1. The van der Waals surface area contributed by atoms with Gasteiger partial charge in [0, 0.05) is 18.5 Å². The van der Waals surface area contributed by atoms with Crippen LogP contribution in [-0.4, -0.2) is 36.8 Å². The Morgan fingerprint density at radius 2 is 2.08 bits per heavy atom. The van der Waals surface area contributed by atoms with E-state index in [1.165, 1.54) is 12.1 Å². The van der Waals surface area contributed by atoms with Crippen LogP contribution < -0.4 is 5.32 Å². The number of aromatic nitrogens is 5. The van der Waals surface area contributed by atoms with Gasteiger partial charge in [-0.1, -0.05) is 30.0 Å². The normalized spacial score (nSPS) is 19.1. The molecule has 136 valence electrons. The Labute approximate surface area is 153 Å². The number of halogens is 2. The van der Waals surface area contributed by atoms with Gasteiger partial charge in [-0.25, -0.2) is 23.4 Å². The first-order chi connectivity index (χ1) is 12.6. The third-order valence-corrected chi connectivity index (χ3v) is 5.13. The molecule has 0 aliphatic heterocycles. The van der Waals surface area contributed by atoms with E-state index in [0.29, 0.717) is 28.7 Å². The number of nitrogens with zero attached hydrogens (tertiary/aromatic N) is 5. The van der Waals surface area contributed by atoms with Crippen LogP contribution >= 0.6 is 11.8 Å². The molecular weight excluding hydrogens is 358 g/mol. The number of nitrogens with one attached hydrogen (secondary N) is 1. The fourth-order valence-corrected chi connectivity index (χ4v) is 3.55. The average Bonchev–Trinajstić information content (AvgIpc) is 3.26. The average molecular weight is 376 g/mol. The molecular formula is C17H18F2N6S. The molecule has 2 aromatic heterocycles. The Balaban J connectivity index is 1.61. The number of hydrogen-bond acceptors (Lipinski definition) is 6. The van der Waals surface area contributed by atoms with Crippen molar-refractivity contribution in [1.29, 1.82) is 0 Å². The van der Waals surface area contributed by atoms with Crippen molar-refractivity contribution in [2.45, 2.75) is 43.9 Å². The predicted octanol–water partition coefficient (Wildman–Crippen LogP) is 3.60. The van der Waals surface area contributed by atoms with E-state index in [4.69, 9.17) is 0 Å². The highest BCUT2D eigenvalue weighted by atomic mass is 32.2. The highest BCUT2D eigenvalue weighted by Crippen LogP contribution is 2.43. The van der Waals surface area contributed by atoms with Gasteiger partial charge < -0.3 is 5.32 Å². The van der Waals surface area contributed by atoms with Crippen molar-refractivity contribution >= 4 is 28.7 Å². The number of anilines is 1. The number of rotatable bonds is 6. The van der Waals surface area contributed by atoms with Crippen LogP contribution in [0, 0.1) is 11.6 Å². The van der Waals surface area contributed by atoms with E-state index in [9.17, 15) is 8.78 Å². The van der Waals surface area contributed by atoms with Crippen LogP contribution in [0.2, 0.25) is 0 Å². The topological polar surface area (TPSA) is 68.5 Å². The third kappa shape index (κ3) is 3.11. The van der Waals surface area contributed by atoms with Crippen LogP contribution in [0.1, 0.15) is 31.7 Å². The second-order valence-corrected chi connectivity index (χ2v) is 7.36. The zero-order valence-electron chi connectivity index (χ0n) is 14.4. The maximum Gasteiger partial charge on any atom is 0.191 e. The molecule has 26 heavy (non-hydrogen) atoms. The molecule has 1 saturated carbocycles. The molecule has 0 radical (unpaired) electrons. The summed E-state index contributed by atoms with van der Waals surface area (Å²) in [6.07, 6.45) is 0.828. The van der Waals surface area contributed by atoms with E-state index in [2.05, 4.69) is 25.6 Å². The Kier molecular flexibility index (Phi) is 4.47. The zero-order chi connectivity index (χ0) is 18.3. The van der Waals surface area contributed by atoms with E-state index in [1.54, 1.807) is 22.5 Å². The molecule has 2 heterocycles. The first-order valence-corrected chi connectivity index (χ1v) is 9.54. The Hall–Kier alpha value is -2.29. The molecule has 1 fully saturated rings. The summed E-state index contributed by atoms with van der Waals surface area (Å²) in [6, 6.07) is 4.17. The summed E-state index contributed by atoms with van der Waals surface area (Å²) in [7, 11) is 0. The van der Waals surface area contributed by atoms with Gasteiger partial charge in [0.15, 0.2) is 33.8 Å². The molecule has 0 bridgehead atoms. The quantitative estimate of drug-likeness (QED) is 0.524. The summed E-state index contributed by atoms with van der Waals surface area (Å²) in [5.41, 5.74) is 2.11. The molecule has 0 unspecified atom stereocenters. The highest BCUT2D eigenvalue weighted by Gasteiger charge is 2.39. The molecule has 3 aromatic rings. The van der Waals surface area contributed by atoms with Gasteiger partial charge in [-0.15, -0.1) is 5.10 Å². The molecule has 1 aliphatic rings. The lowest BCUT2D eigenvalue weighted by Crippen LogP contribution is -2.08. The van der Waals surface area contributed by atoms with Gasteiger partial charge in [-0.3, -0.25) is 0 Å². The molecule has 1 aromatic carbocycles. The van der Waals surface area contributed by atoms with Crippen LogP contribution in [0.15, 0.2) is 23.4 Å². The summed E-state index contributed by atoms with van der Waals surface area (Å²) in [6.45, 7) is 4.70. The minimum absolute atomic E-state index is 0.101. The second-order valence-electron chi connectivity index (χ2n) is 6.13. The molecule has 9 heteroatoms. The van der Waals surface area contributed by atoms with Crippen molar-refractivity contribution in [3.05, 3.63) is 35.4 Å². The molecule has 1 aliphatic carbocycles. The zero-order valence-corrected chi connectivity index (χ0v) is 15.2. The molecule has 0 saturated heterocycles. The minimum Gasteiger partial charge on any atom is -0.365 e. The number of aryl methyl sites for hydroxylation is 1. The van der Waals surface area contributed by atoms with E-state index in [1.807, 2.05) is 13.8 Å². The SMILES string of the molecule is CCSc1nc(N[C@@H]2C[C@H]2c2ccc(F)c(F)c2)c2nnn(CC)c2n1. The molecule has 1 N–H and O–H groups in total. The lowest BCUT2D eigenvalue weighted by molar-refractivity contribution is 0.507. The van der Waals surface area contributed by atoms with Crippen molar-refractivity contribution in [2.75, 3.05) is 11.1 Å². The number of benzene rings is 1. The molecule has 6 nitrogen and oxygen atoms in total. The monoisotopic (exact) mass is 376 g/mol. The van der Waals surface area contributed by atoms with Crippen LogP contribution in [-0.2, 0) is 6.54 Å². The van der Waals surface area contributed by atoms with Crippen molar-refractivity contribution in [3.63, 3.8) is 0 Å². The Morgan fingerprint density at radius 1 is 1.23 bits per heavy atom. The Morgan fingerprint density at radius 3 is 2.81 bits per heavy atom. The molecule has 0 spiro atoms. The van der Waals surface area contributed by atoms with E-state index in [0.717, 1.165) is 17.7 Å². The number of hydrogen-bond donors (Lipinski definition) is 1. The molecule has 4 rings (SSSR count). The van der Waals surface area contributed by atoms with E-state index >= 15 is 0 Å². The van der Waals surface area contributed by atoms with E-state index < -0.39 is 11.6 Å². The van der Waals surface area contributed by atoms with Crippen LogP contribution in [0.5, 0.6) is 0 Å². The minimum atomic E-state index is -0.825. The van der Waals surface area contributed by atoms with Gasteiger partial charge in [0.25, 0.3) is 0 Å². The number of fused-ring (bicyclic) bond motifs is 1. The molecule has 2 atom stereocenters. The van der Waals surface area contributed by atoms with Gasteiger partial charge in [-0.2, -0.15) is 0 Å². The van der Waals surface area contributed by atoms with Crippen LogP contribution in [0.25, 0.3) is 11.2 Å². The summed E-state index contributed by atoms with van der Waals surface area (Å²) in [5.74, 6) is -0.0159. The second kappa shape index (κ2) is 6.79. The molecule has 0 amide bonds. The summed E-state index contributed by atoms with van der Waals surface area (Å²) in [4.78, 5) is 9.11. The summed E-state index contributed by atoms with van der Waals surface area (Å²) >= 11 is 1.55. The van der Waals surface area contributed by atoms with Gasteiger partial charge >= 0.3 is 0 Å². The lowest BCUT2D eigenvalue weighted by atomic mass is 10.1. The maximum absolute atomic E-state index is 13.5. The third-order valence-electron chi connectivity index (χ3n) is 4.40.